The van der Waals surface area contributed by atoms with Crippen LogP contribution in [0.2, 0.25) is 0 Å². The number of aromatic nitrogens is 1. The van der Waals surface area contributed by atoms with E-state index in [1.165, 1.54) is 0 Å². The SMILES string of the molecule is [B]c1cccc2ncc(OC)cc12. The summed E-state index contributed by atoms with van der Waals surface area (Å²) in [6.45, 7) is 0. The maximum Gasteiger partial charge on any atom is 0.137 e. The highest BCUT2D eigenvalue weighted by atomic mass is 16.5. The van der Waals surface area contributed by atoms with Crippen LogP contribution in [-0.4, -0.2) is 19.9 Å². The Kier molecular flexibility index (Phi) is 1.93. The van der Waals surface area contributed by atoms with E-state index in [2.05, 4.69) is 4.98 Å². The molecule has 2 nitrogen and oxygen atoms in total. The minimum Gasteiger partial charge on any atom is -0.495 e. The van der Waals surface area contributed by atoms with Gasteiger partial charge in [-0.3, -0.25) is 4.98 Å². The summed E-state index contributed by atoms with van der Waals surface area (Å²) in [7, 11) is 7.40. The number of methoxy groups -OCH3 is 1. The van der Waals surface area contributed by atoms with Crippen molar-refractivity contribution in [3.63, 3.8) is 0 Å². The average Bonchev–Trinajstić information content (AvgIpc) is 2.18. The fourth-order valence-electron chi connectivity index (χ4n) is 1.26. The lowest BCUT2D eigenvalue weighted by Crippen LogP contribution is -2.03. The molecule has 0 N–H and O–H groups in total. The normalized spacial score (nSPS) is 10.2. The Bertz CT molecular complexity index is 442. The van der Waals surface area contributed by atoms with Crippen molar-refractivity contribution in [1.29, 1.82) is 0 Å². The second kappa shape index (κ2) is 3.09. The Hall–Kier alpha value is -1.51. The standard InChI is InChI=1S/C10H8BNO/c1-13-7-5-8-9(11)3-2-4-10(8)12-6-7/h2-6H,1H3. The summed E-state index contributed by atoms with van der Waals surface area (Å²) in [5.41, 5.74) is 1.62. The fourth-order valence-corrected chi connectivity index (χ4v) is 1.26. The van der Waals surface area contributed by atoms with Crippen molar-refractivity contribution < 1.29 is 4.74 Å². The molecule has 2 rings (SSSR count). The van der Waals surface area contributed by atoms with Crippen LogP contribution in [0.15, 0.2) is 30.5 Å². The van der Waals surface area contributed by atoms with Gasteiger partial charge in [0.25, 0.3) is 0 Å². The second-order valence-electron chi connectivity index (χ2n) is 2.79. The molecular weight excluding hydrogens is 161 g/mol. The van der Waals surface area contributed by atoms with Gasteiger partial charge in [0.2, 0.25) is 0 Å². The van der Waals surface area contributed by atoms with Crippen molar-refractivity contribution >= 4 is 24.2 Å². The van der Waals surface area contributed by atoms with E-state index in [0.717, 1.165) is 22.1 Å². The third-order valence-electron chi connectivity index (χ3n) is 1.97. The number of fused-ring (bicyclic) bond motifs is 1. The van der Waals surface area contributed by atoms with Gasteiger partial charge in [-0.1, -0.05) is 17.6 Å². The molecule has 0 fully saturated rings. The zero-order chi connectivity index (χ0) is 9.26. The Morgan fingerprint density at radius 1 is 1.38 bits per heavy atom. The summed E-state index contributed by atoms with van der Waals surface area (Å²) in [4.78, 5) is 4.21. The summed E-state index contributed by atoms with van der Waals surface area (Å²) in [6, 6.07) is 7.55. The molecular formula is C10H8BNO. The van der Waals surface area contributed by atoms with Crippen LogP contribution in [0.5, 0.6) is 5.75 Å². The summed E-state index contributed by atoms with van der Waals surface area (Å²) in [6.07, 6.45) is 1.68. The molecule has 0 amide bonds. The van der Waals surface area contributed by atoms with Crippen LogP contribution < -0.4 is 10.2 Å². The van der Waals surface area contributed by atoms with Gasteiger partial charge in [-0.15, -0.1) is 0 Å². The second-order valence-corrected chi connectivity index (χ2v) is 2.79. The molecule has 1 heterocycles. The first kappa shape index (κ1) is 8.11. The Morgan fingerprint density at radius 3 is 3.00 bits per heavy atom. The third kappa shape index (κ3) is 1.37. The molecule has 0 aliphatic heterocycles. The van der Waals surface area contributed by atoms with Crippen LogP contribution in [0.1, 0.15) is 0 Å². The number of ether oxygens (including phenoxy) is 1. The molecule has 0 spiro atoms. The molecule has 0 atom stereocenters. The quantitative estimate of drug-likeness (QED) is 0.595. The van der Waals surface area contributed by atoms with Crippen molar-refractivity contribution in [2.24, 2.45) is 0 Å². The van der Waals surface area contributed by atoms with Crippen molar-refractivity contribution in [3.8, 4) is 5.75 Å². The first-order valence-electron chi connectivity index (χ1n) is 3.99. The Balaban J connectivity index is 2.74. The van der Waals surface area contributed by atoms with Crippen LogP contribution in [0.25, 0.3) is 10.9 Å². The number of benzene rings is 1. The molecule has 0 aliphatic carbocycles. The van der Waals surface area contributed by atoms with E-state index in [1.54, 1.807) is 13.3 Å². The summed E-state index contributed by atoms with van der Waals surface area (Å²) < 4.78 is 5.06. The van der Waals surface area contributed by atoms with Gasteiger partial charge in [-0.25, -0.2) is 0 Å². The van der Waals surface area contributed by atoms with Gasteiger partial charge >= 0.3 is 0 Å². The number of hydrogen-bond acceptors (Lipinski definition) is 2. The van der Waals surface area contributed by atoms with Crippen LogP contribution in [0.4, 0.5) is 0 Å². The number of nitrogens with zero attached hydrogens (tertiary/aromatic N) is 1. The minimum atomic E-state index is 0.726. The van der Waals surface area contributed by atoms with Crippen LogP contribution >= 0.6 is 0 Å². The molecule has 13 heavy (non-hydrogen) atoms. The Labute approximate surface area is 78.0 Å². The molecule has 62 valence electrons. The lowest BCUT2D eigenvalue weighted by molar-refractivity contribution is 0.414. The number of hydrogen-bond donors (Lipinski definition) is 0. The lowest BCUT2D eigenvalue weighted by Gasteiger charge is -2.03. The van der Waals surface area contributed by atoms with E-state index in [0.29, 0.717) is 0 Å². The van der Waals surface area contributed by atoms with E-state index in [1.807, 2.05) is 24.3 Å². The molecule has 1 aromatic carbocycles. The van der Waals surface area contributed by atoms with Crippen molar-refractivity contribution in [2.45, 2.75) is 0 Å². The highest BCUT2D eigenvalue weighted by Gasteiger charge is 1.98. The molecule has 0 bridgehead atoms. The number of pyridine rings is 1. The topological polar surface area (TPSA) is 22.1 Å². The highest BCUT2D eigenvalue weighted by Crippen LogP contribution is 2.15. The van der Waals surface area contributed by atoms with Gasteiger partial charge in [0.1, 0.15) is 13.6 Å². The summed E-state index contributed by atoms with van der Waals surface area (Å²) in [5, 5.41) is 0.932. The maximum atomic E-state index is 5.78. The van der Waals surface area contributed by atoms with E-state index in [4.69, 9.17) is 12.6 Å². The zero-order valence-electron chi connectivity index (χ0n) is 7.32. The summed E-state index contributed by atoms with van der Waals surface area (Å²) >= 11 is 0. The van der Waals surface area contributed by atoms with Gasteiger partial charge in [-0.2, -0.15) is 0 Å². The molecule has 2 radical (unpaired) electrons. The molecule has 0 saturated heterocycles. The predicted octanol–water partition coefficient (Wildman–Crippen LogP) is 1.04. The smallest absolute Gasteiger partial charge is 0.137 e. The van der Waals surface area contributed by atoms with E-state index in [-0.39, 0.29) is 0 Å². The minimum absolute atomic E-state index is 0.726. The maximum absolute atomic E-state index is 5.78. The van der Waals surface area contributed by atoms with Gasteiger partial charge < -0.3 is 4.74 Å². The van der Waals surface area contributed by atoms with Gasteiger partial charge in [0, 0.05) is 0 Å². The first-order chi connectivity index (χ1) is 6.31. The molecule has 1 aromatic heterocycles. The molecule has 0 aliphatic rings. The van der Waals surface area contributed by atoms with E-state index < -0.39 is 0 Å². The van der Waals surface area contributed by atoms with E-state index in [9.17, 15) is 0 Å². The van der Waals surface area contributed by atoms with Crippen molar-refractivity contribution in [3.05, 3.63) is 30.5 Å². The molecule has 0 saturated carbocycles. The summed E-state index contributed by atoms with van der Waals surface area (Å²) in [5.74, 6) is 0.727. The van der Waals surface area contributed by atoms with Crippen molar-refractivity contribution in [1.82, 2.24) is 4.98 Å². The highest BCUT2D eigenvalue weighted by molar-refractivity contribution is 6.38. The fraction of sp³-hybridized carbons (Fsp3) is 0.100. The largest absolute Gasteiger partial charge is 0.495 e. The lowest BCUT2D eigenvalue weighted by atomic mass is 9.92. The van der Waals surface area contributed by atoms with Crippen molar-refractivity contribution in [2.75, 3.05) is 7.11 Å². The zero-order valence-corrected chi connectivity index (χ0v) is 7.32. The third-order valence-corrected chi connectivity index (χ3v) is 1.97. The monoisotopic (exact) mass is 169 g/mol. The van der Waals surface area contributed by atoms with Gasteiger partial charge in [0.15, 0.2) is 0 Å². The number of rotatable bonds is 1. The van der Waals surface area contributed by atoms with Crippen LogP contribution in [-0.2, 0) is 0 Å². The van der Waals surface area contributed by atoms with Crippen LogP contribution in [0.3, 0.4) is 0 Å². The molecule has 0 unspecified atom stereocenters. The van der Waals surface area contributed by atoms with Crippen LogP contribution in [0, 0.1) is 0 Å². The molecule has 3 heteroatoms. The van der Waals surface area contributed by atoms with Gasteiger partial charge in [-0.05, 0) is 17.5 Å². The first-order valence-corrected chi connectivity index (χ1v) is 3.99. The van der Waals surface area contributed by atoms with Gasteiger partial charge in [0.05, 0.1) is 18.8 Å². The predicted molar refractivity (Wildman–Crippen MR) is 53.7 cm³/mol. The molecule has 2 aromatic rings. The van der Waals surface area contributed by atoms with E-state index >= 15 is 0 Å². The Morgan fingerprint density at radius 2 is 2.23 bits per heavy atom. The average molecular weight is 169 g/mol.